The van der Waals surface area contributed by atoms with Crippen molar-refractivity contribution in [2.75, 3.05) is 26.7 Å². The van der Waals surface area contributed by atoms with E-state index in [9.17, 15) is 4.79 Å². The third kappa shape index (κ3) is 6.48. The lowest BCUT2D eigenvalue weighted by Crippen LogP contribution is -2.41. The smallest absolute Gasteiger partial charge is 0.223 e. The van der Waals surface area contributed by atoms with Crippen LogP contribution >= 0.6 is 12.4 Å². The molecule has 5 heteroatoms. The summed E-state index contributed by atoms with van der Waals surface area (Å²) < 4.78 is 5.21. The van der Waals surface area contributed by atoms with Crippen molar-refractivity contribution >= 4 is 18.3 Å². The number of methoxy groups -OCH3 is 1. The van der Waals surface area contributed by atoms with Crippen molar-refractivity contribution in [1.29, 1.82) is 0 Å². The van der Waals surface area contributed by atoms with Crippen LogP contribution < -0.4 is 10.1 Å². The molecule has 0 bridgehead atoms. The van der Waals surface area contributed by atoms with Gasteiger partial charge in [-0.3, -0.25) is 4.79 Å². The van der Waals surface area contributed by atoms with Crippen molar-refractivity contribution in [3.63, 3.8) is 0 Å². The van der Waals surface area contributed by atoms with Gasteiger partial charge in [0.2, 0.25) is 5.91 Å². The summed E-state index contributed by atoms with van der Waals surface area (Å²) in [5.41, 5.74) is 1.24. The molecule has 1 aliphatic heterocycles. The van der Waals surface area contributed by atoms with Gasteiger partial charge in [-0.05, 0) is 75.7 Å². The van der Waals surface area contributed by atoms with Gasteiger partial charge < -0.3 is 15.0 Å². The predicted octanol–water partition coefficient (Wildman–Crippen LogP) is 3.92. The van der Waals surface area contributed by atoms with Crippen LogP contribution in [0.3, 0.4) is 0 Å². The minimum Gasteiger partial charge on any atom is -0.497 e. The molecular weight excluding hydrogens is 348 g/mol. The fraction of sp³-hybridized carbons (Fsp3) is 0.667. The van der Waals surface area contributed by atoms with Crippen LogP contribution in [0.15, 0.2) is 24.3 Å². The summed E-state index contributed by atoms with van der Waals surface area (Å²) in [5.74, 6) is 2.32. The van der Waals surface area contributed by atoms with E-state index < -0.39 is 0 Å². The third-order valence-corrected chi connectivity index (χ3v) is 5.57. The van der Waals surface area contributed by atoms with Gasteiger partial charge in [-0.25, -0.2) is 0 Å². The van der Waals surface area contributed by atoms with Crippen LogP contribution in [0.2, 0.25) is 0 Å². The molecule has 26 heavy (non-hydrogen) atoms. The van der Waals surface area contributed by atoms with Crippen LogP contribution in [-0.4, -0.2) is 43.6 Å². The Morgan fingerprint density at radius 2 is 1.85 bits per heavy atom. The SMILES string of the molecule is CCN(C(=O)CC(C)C1CCNCC1)C(C)Cc1ccc(OC)cc1.Cl. The van der Waals surface area contributed by atoms with Crippen molar-refractivity contribution in [3.8, 4) is 5.75 Å². The highest BCUT2D eigenvalue weighted by molar-refractivity contribution is 5.85. The van der Waals surface area contributed by atoms with Gasteiger partial charge in [0, 0.05) is 19.0 Å². The molecule has 2 atom stereocenters. The molecule has 1 heterocycles. The average molecular weight is 383 g/mol. The molecule has 1 N–H and O–H groups in total. The van der Waals surface area contributed by atoms with Crippen molar-refractivity contribution in [2.24, 2.45) is 11.8 Å². The highest BCUT2D eigenvalue weighted by atomic mass is 35.5. The van der Waals surface area contributed by atoms with E-state index in [0.717, 1.165) is 31.8 Å². The quantitative estimate of drug-likeness (QED) is 0.740. The van der Waals surface area contributed by atoms with Crippen LogP contribution in [-0.2, 0) is 11.2 Å². The topological polar surface area (TPSA) is 41.6 Å². The maximum absolute atomic E-state index is 12.8. The minimum absolute atomic E-state index is 0. The second-order valence-corrected chi connectivity index (χ2v) is 7.35. The number of hydrogen-bond donors (Lipinski definition) is 1. The number of benzene rings is 1. The Bertz CT molecular complexity index is 529. The number of nitrogens with zero attached hydrogens (tertiary/aromatic N) is 1. The lowest BCUT2D eigenvalue weighted by molar-refractivity contribution is -0.134. The first-order valence-corrected chi connectivity index (χ1v) is 9.68. The standard InChI is InChI=1S/C21H34N2O2.ClH/c1-5-23(17(3)15-18-6-8-20(25-4)9-7-18)21(24)14-16(2)19-10-12-22-13-11-19;/h6-9,16-17,19,22H,5,10-15H2,1-4H3;1H. The van der Waals surface area contributed by atoms with Crippen LogP contribution in [0.4, 0.5) is 0 Å². The maximum atomic E-state index is 12.8. The van der Waals surface area contributed by atoms with E-state index >= 15 is 0 Å². The maximum Gasteiger partial charge on any atom is 0.223 e. The molecule has 1 saturated heterocycles. The Balaban J connectivity index is 0.00000338. The first kappa shape index (κ1) is 22.8. The first-order chi connectivity index (χ1) is 12.0. The fourth-order valence-electron chi connectivity index (χ4n) is 3.92. The van der Waals surface area contributed by atoms with Gasteiger partial charge in [0.15, 0.2) is 0 Å². The zero-order valence-corrected chi connectivity index (χ0v) is 17.5. The van der Waals surface area contributed by atoms with Gasteiger partial charge in [-0.2, -0.15) is 0 Å². The molecule has 0 aromatic heterocycles. The molecule has 2 unspecified atom stereocenters. The monoisotopic (exact) mass is 382 g/mol. The van der Waals surface area contributed by atoms with E-state index in [4.69, 9.17) is 4.74 Å². The van der Waals surface area contributed by atoms with Crippen LogP contribution in [0.5, 0.6) is 5.75 Å². The van der Waals surface area contributed by atoms with Crippen molar-refractivity contribution in [3.05, 3.63) is 29.8 Å². The predicted molar refractivity (Wildman–Crippen MR) is 110 cm³/mol. The summed E-state index contributed by atoms with van der Waals surface area (Å²) in [6.07, 6.45) is 3.95. The number of nitrogens with one attached hydrogen (secondary N) is 1. The first-order valence-electron chi connectivity index (χ1n) is 9.68. The lowest BCUT2D eigenvalue weighted by Gasteiger charge is -2.32. The summed E-state index contributed by atoms with van der Waals surface area (Å²) in [6.45, 7) is 9.44. The third-order valence-electron chi connectivity index (χ3n) is 5.57. The van der Waals surface area contributed by atoms with E-state index in [2.05, 4.69) is 38.2 Å². The summed E-state index contributed by atoms with van der Waals surface area (Å²) in [5, 5.41) is 3.41. The summed E-state index contributed by atoms with van der Waals surface area (Å²) in [4.78, 5) is 14.9. The minimum atomic E-state index is 0. The van der Waals surface area contributed by atoms with E-state index in [-0.39, 0.29) is 18.4 Å². The average Bonchev–Trinajstić information content (AvgIpc) is 2.63. The fourth-order valence-corrected chi connectivity index (χ4v) is 3.92. The number of halogens is 1. The molecule has 0 saturated carbocycles. The van der Waals surface area contributed by atoms with Gasteiger partial charge in [0.25, 0.3) is 0 Å². The Morgan fingerprint density at radius 3 is 2.38 bits per heavy atom. The van der Waals surface area contributed by atoms with Crippen molar-refractivity contribution in [1.82, 2.24) is 10.2 Å². The Hall–Kier alpha value is -1.26. The summed E-state index contributed by atoms with van der Waals surface area (Å²) >= 11 is 0. The molecule has 0 aliphatic carbocycles. The zero-order chi connectivity index (χ0) is 18.2. The molecule has 148 valence electrons. The number of piperidine rings is 1. The highest BCUT2D eigenvalue weighted by Gasteiger charge is 2.25. The van der Waals surface area contributed by atoms with E-state index in [1.54, 1.807) is 7.11 Å². The van der Waals surface area contributed by atoms with Crippen LogP contribution in [0.25, 0.3) is 0 Å². The van der Waals surface area contributed by atoms with Gasteiger partial charge in [-0.15, -0.1) is 12.4 Å². The number of amides is 1. The van der Waals surface area contributed by atoms with Crippen molar-refractivity contribution < 1.29 is 9.53 Å². The second-order valence-electron chi connectivity index (χ2n) is 7.35. The number of likely N-dealkylation sites (N-methyl/N-ethyl adjacent to an activating group) is 1. The van der Waals surface area contributed by atoms with Gasteiger partial charge in [-0.1, -0.05) is 19.1 Å². The molecule has 2 rings (SSSR count). The second kappa shape index (κ2) is 11.5. The molecule has 0 radical (unpaired) electrons. The zero-order valence-electron chi connectivity index (χ0n) is 16.7. The molecular formula is C21H35ClN2O2. The summed E-state index contributed by atoms with van der Waals surface area (Å²) in [6, 6.07) is 8.36. The van der Waals surface area contributed by atoms with Gasteiger partial charge >= 0.3 is 0 Å². The number of ether oxygens (including phenoxy) is 1. The van der Waals surface area contributed by atoms with E-state index in [1.165, 1.54) is 18.4 Å². The molecule has 4 nitrogen and oxygen atoms in total. The van der Waals surface area contributed by atoms with Crippen LogP contribution in [0, 0.1) is 11.8 Å². The Kier molecular flexibility index (Phi) is 10.0. The molecule has 0 spiro atoms. The number of hydrogen-bond acceptors (Lipinski definition) is 3. The Morgan fingerprint density at radius 1 is 1.23 bits per heavy atom. The molecule has 1 aromatic rings. The largest absolute Gasteiger partial charge is 0.497 e. The van der Waals surface area contributed by atoms with E-state index in [0.29, 0.717) is 24.2 Å². The molecule has 1 aliphatic rings. The lowest BCUT2D eigenvalue weighted by atomic mass is 9.84. The normalized spacial score (nSPS) is 17.1. The number of rotatable bonds is 8. The number of carbonyl (C=O) groups is 1. The van der Waals surface area contributed by atoms with Crippen LogP contribution in [0.1, 0.15) is 45.6 Å². The highest BCUT2D eigenvalue weighted by Crippen LogP contribution is 2.25. The van der Waals surface area contributed by atoms with Gasteiger partial charge in [0.05, 0.1) is 7.11 Å². The Labute approximate surface area is 165 Å². The molecule has 1 aromatic carbocycles. The van der Waals surface area contributed by atoms with E-state index in [1.807, 2.05) is 17.0 Å². The molecule has 1 fully saturated rings. The summed E-state index contributed by atoms with van der Waals surface area (Å²) in [7, 11) is 1.68. The number of carbonyl (C=O) groups excluding carboxylic acids is 1. The molecule has 1 amide bonds. The van der Waals surface area contributed by atoms with Gasteiger partial charge in [0.1, 0.15) is 5.75 Å². The van der Waals surface area contributed by atoms with Crippen molar-refractivity contribution in [2.45, 2.75) is 52.5 Å².